The fourth-order valence-electron chi connectivity index (χ4n) is 2.61. The van der Waals surface area contributed by atoms with Crippen molar-refractivity contribution in [3.8, 4) is 11.8 Å². The molecule has 8 heteroatoms. The van der Waals surface area contributed by atoms with E-state index in [1.165, 1.54) is 44.4 Å². The smallest absolute Gasteiger partial charge is 0.384 e. The van der Waals surface area contributed by atoms with Crippen LogP contribution in [0.15, 0.2) is 28.7 Å². The van der Waals surface area contributed by atoms with Crippen molar-refractivity contribution in [1.82, 2.24) is 4.90 Å². The molecule has 26 heavy (non-hydrogen) atoms. The van der Waals surface area contributed by atoms with Gasteiger partial charge in [0.25, 0.3) is 0 Å². The molecule has 0 heterocycles. The van der Waals surface area contributed by atoms with Gasteiger partial charge in [-0.2, -0.15) is 13.2 Å². The molecule has 0 saturated heterocycles. The van der Waals surface area contributed by atoms with E-state index in [0.717, 1.165) is 7.05 Å². The lowest BCUT2D eigenvalue weighted by atomic mass is 9.85. The van der Waals surface area contributed by atoms with E-state index in [4.69, 9.17) is 5.11 Å². The van der Waals surface area contributed by atoms with Crippen molar-refractivity contribution in [3.63, 3.8) is 0 Å². The molecule has 0 aliphatic carbocycles. The van der Waals surface area contributed by atoms with Gasteiger partial charge in [-0.3, -0.25) is 9.69 Å². The summed E-state index contributed by atoms with van der Waals surface area (Å²) in [6.45, 7) is 1.53. The average Bonchev–Trinajstić information content (AvgIpc) is 2.52. The summed E-state index contributed by atoms with van der Waals surface area (Å²) in [4.78, 5) is 12.0. The highest BCUT2D eigenvalue weighted by molar-refractivity contribution is 9.10. The molecule has 0 fully saturated rings. The van der Waals surface area contributed by atoms with Crippen LogP contribution in [0.25, 0.3) is 0 Å². The third-order valence-corrected chi connectivity index (χ3v) is 4.36. The molecule has 0 aliphatic heterocycles. The summed E-state index contributed by atoms with van der Waals surface area (Å²) in [5.74, 6) is 4.08. The van der Waals surface area contributed by atoms with Crippen LogP contribution >= 0.6 is 15.9 Å². The fraction of sp³-hybridized carbons (Fsp3) is 0.500. The minimum absolute atomic E-state index is 0.256. The van der Waals surface area contributed by atoms with Gasteiger partial charge < -0.3 is 5.11 Å². The first-order valence-electron chi connectivity index (χ1n) is 7.62. The predicted octanol–water partition coefficient (Wildman–Crippen LogP) is 3.75. The summed E-state index contributed by atoms with van der Waals surface area (Å²) in [7, 11) is 1.04. The van der Waals surface area contributed by atoms with Gasteiger partial charge in [0.15, 0.2) is 0 Å². The maximum atomic E-state index is 14.2. The minimum atomic E-state index is -4.94. The van der Waals surface area contributed by atoms with Crippen LogP contribution in [0.3, 0.4) is 0 Å². The van der Waals surface area contributed by atoms with Crippen molar-refractivity contribution in [2.75, 3.05) is 13.7 Å². The summed E-state index contributed by atoms with van der Waals surface area (Å²) in [6.07, 6.45) is -3.95. The predicted molar refractivity (Wildman–Crippen MR) is 93.8 cm³/mol. The number of alkyl halides is 4. The average molecular weight is 437 g/mol. The highest BCUT2D eigenvalue weighted by Gasteiger charge is 2.60. The van der Waals surface area contributed by atoms with E-state index in [1.54, 1.807) is 0 Å². The molecule has 0 aliphatic rings. The lowest BCUT2D eigenvalue weighted by Crippen LogP contribution is -2.58. The topological polar surface area (TPSA) is 40.5 Å². The van der Waals surface area contributed by atoms with Crippen molar-refractivity contribution < 1.29 is 27.5 Å². The van der Waals surface area contributed by atoms with Crippen LogP contribution in [0.2, 0.25) is 0 Å². The highest BCUT2D eigenvalue weighted by Crippen LogP contribution is 2.44. The summed E-state index contributed by atoms with van der Waals surface area (Å²) >= 11 is 3.15. The number of rotatable bonds is 6. The van der Waals surface area contributed by atoms with E-state index in [9.17, 15) is 22.4 Å². The number of carbonyl (C=O) groups excluding carboxylic acids is 1. The van der Waals surface area contributed by atoms with E-state index in [-0.39, 0.29) is 5.56 Å². The van der Waals surface area contributed by atoms with Crippen LogP contribution in [0.4, 0.5) is 17.6 Å². The van der Waals surface area contributed by atoms with Crippen LogP contribution < -0.4 is 0 Å². The zero-order chi connectivity index (χ0) is 20.2. The summed E-state index contributed by atoms with van der Waals surface area (Å²) in [6, 6.07) is 3.73. The molecule has 1 N–H and O–H groups in total. The maximum absolute atomic E-state index is 14.2. The first-order chi connectivity index (χ1) is 11.9. The maximum Gasteiger partial charge on any atom is 0.422 e. The summed E-state index contributed by atoms with van der Waals surface area (Å²) in [5, 5.41) is 8.95. The highest BCUT2D eigenvalue weighted by atomic mass is 79.9. The lowest BCUT2D eigenvalue weighted by Gasteiger charge is -2.42. The van der Waals surface area contributed by atoms with Crippen molar-refractivity contribution in [2.45, 2.75) is 43.7 Å². The second kappa shape index (κ2) is 8.51. The van der Waals surface area contributed by atoms with Gasteiger partial charge in [0.05, 0.1) is 6.04 Å². The molecule has 0 aromatic heterocycles. The van der Waals surface area contributed by atoms with Gasteiger partial charge in [0.2, 0.25) is 11.8 Å². The number of nitrogens with zero attached hydrogens (tertiary/aromatic N) is 1. The summed E-state index contributed by atoms with van der Waals surface area (Å²) in [5.41, 5.74) is -5.06. The first kappa shape index (κ1) is 22.6. The standard InChI is InChI=1S/C18H19BrF4NO2/c1-16(2,20)11-15(12-26)24(3)17(9-4-10-25,18(21,22)23)13-5-7-14(19)8-6-13/h5-8,15,25H,10-11H2,1-3H3/t15-,17+/m0/s1. The SMILES string of the molecule is CN([C@H]([C]=O)CC(C)(C)F)[C@](C#CCO)(c1ccc(Br)cc1)C(F)(F)F. The zero-order valence-corrected chi connectivity index (χ0v) is 16.1. The number of hydrogen-bond acceptors (Lipinski definition) is 3. The molecule has 2 atom stereocenters. The van der Waals surface area contributed by atoms with Crippen LogP contribution in [0, 0.1) is 11.8 Å². The monoisotopic (exact) mass is 436 g/mol. The molecule has 1 aromatic rings. The number of halogens is 5. The minimum Gasteiger partial charge on any atom is -0.384 e. The Labute approximate surface area is 158 Å². The van der Waals surface area contributed by atoms with Gasteiger partial charge in [-0.1, -0.05) is 39.9 Å². The van der Waals surface area contributed by atoms with Crippen molar-refractivity contribution in [1.29, 1.82) is 0 Å². The third-order valence-electron chi connectivity index (χ3n) is 3.83. The second-order valence-electron chi connectivity index (χ2n) is 6.34. The normalized spacial score (nSPS) is 15.8. The Morgan fingerprint density at radius 1 is 1.19 bits per heavy atom. The van der Waals surface area contributed by atoms with Crippen molar-refractivity contribution in [3.05, 3.63) is 34.3 Å². The molecule has 1 aromatic carbocycles. The van der Waals surface area contributed by atoms with Crippen LogP contribution in [-0.4, -0.2) is 47.8 Å². The van der Waals surface area contributed by atoms with Gasteiger partial charge in [-0.15, -0.1) is 0 Å². The lowest BCUT2D eigenvalue weighted by molar-refractivity contribution is -0.216. The molecule has 0 bridgehead atoms. The Hall–Kier alpha value is -1.43. The van der Waals surface area contributed by atoms with Gasteiger partial charge in [-0.05, 0) is 38.6 Å². The second-order valence-corrected chi connectivity index (χ2v) is 7.26. The van der Waals surface area contributed by atoms with E-state index in [0.29, 0.717) is 9.37 Å². The number of aliphatic hydroxyl groups is 1. The Kier molecular flexibility index (Phi) is 7.40. The van der Waals surface area contributed by atoms with E-state index < -0.39 is 36.5 Å². The third kappa shape index (κ3) is 5.06. The number of hydrogen-bond donors (Lipinski definition) is 1. The first-order valence-corrected chi connectivity index (χ1v) is 8.41. The fourth-order valence-corrected chi connectivity index (χ4v) is 2.87. The van der Waals surface area contributed by atoms with Crippen LogP contribution in [0.5, 0.6) is 0 Å². The van der Waals surface area contributed by atoms with Gasteiger partial charge in [0.1, 0.15) is 12.3 Å². The Morgan fingerprint density at radius 2 is 1.73 bits per heavy atom. The Bertz CT molecular complexity index is 674. The molecule has 0 unspecified atom stereocenters. The van der Waals surface area contributed by atoms with E-state index in [1.807, 2.05) is 11.8 Å². The molecule has 0 spiro atoms. The largest absolute Gasteiger partial charge is 0.422 e. The van der Waals surface area contributed by atoms with Gasteiger partial charge in [0, 0.05) is 10.9 Å². The Balaban J connectivity index is 3.66. The molecule has 0 amide bonds. The molecular formula is C18H19BrF4NO2. The van der Waals surface area contributed by atoms with Crippen molar-refractivity contribution >= 4 is 22.2 Å². The molecular weight excluding hydrogens is 418 g/mol. The number of aliphatic hydroxyl groups excluding tert-OH is 1. The quantitative estimate of drug-likeness (QED) is 0.545. The van der Waals surface area contributed by atoms with Crippen LogP contribution in [0.1, 0.15) is 25.8 Å². The molecule has 3 nitrogen and oxygen atoms in total. The molecule has 1 radical (unpaired) electrons. The van der Waals surface area contributed by atoms with Gasteiger partial charge >= 0.3 is 6.18 Å². The number of likely N-dealkylation sites (N-methyl/N-ethyl adjacent to an activating group) is 1. The summed E-state index contributed by atoms with van der Waals surface area (Å²) < 4.78 is 57.2. The number of benzene rings is 1. The molecule has 1 rings (SSSR count). The van der Waals surface area contributed by atoms with Crippen LogP contribution in [-0.2, 0) is 10.3 Å². The molecule has 143 valence electrons. The zero-order valence-electron chi connectivity index (χ0n) is 14.5. The molecule has 0 saturated carbocycles. The van der Waals surface area contributed by atoms with E-state index in [2.05, 4.69) is 15.9 Å². The van der Waals surface area contributed by atoms with Crippen molar-refractivity contribution in [2.24, 2.45) is 0 Å². The van der Waals surface area contributed by atoms with Gasteiger partial charge in [-0.25, -0.2) is 4.39 Å². The van der Waals surface area contributed by atoms with E-state index >= 15 is 0 Å². The Morgan fingerprint density at radius 3 is 2.12 bits per heavy atom.